The first-order chi connectivity index (χ1) is 8.21. The lowest BCUT2D eigenvalue weighted by molar-refractivity contribution is -0.113. The molecule has 0 atom stereocenters. The molecule has 0 fully saturated rings. The number of amides is 1. The standard InChI is InChI=1S/C13H18ClNO2/c1-3-4-5-10-6-7-11(17-2)8-12(10)15-13(16)9-14/h6-8H,3-5,9H2,1-2H3,(H,15,16). The Morgan fingerprint density at radius 3 is 2.82 bits per heavy atom. The Morgan fingerprint density at radius 1 is 1.47 bits per heavy atom. The average molecular weight is 256 g/mol. The minimum Gasteiger partial charge on any atom is -0.497 e. The van der Waals surface area contributed by atoms with Crippen LogP contribution in [0.3, 0.4) is 0 Å². The van der Waals surface area contributed by atoms with Gasteiger partial charge in [0.25, 0.3) is 0 Å². The van der Waals surface area contributed by atoms with Crippen molar-refractivity contribution in [2.75, 3.05) is 18.3 Å². The summed E-state index contributed by atoms with van der Waals surface area (Å²) in [5, 5.41) is 2.79. The van der Waals surface area contributed by atoms with Crippen LogP contribution in [0.1, 0.15) is 25.3 Å². The lowest BCUT2D eigenvalue weighted by Gasteiger charge is -2.11. The Hall–Kier alpha value is -1.22. The Kier molecular flexibility index (Phi) is 5.84. The molecule has 1 N–H and O–H groups in total. The molecule has 0 heterocycles. The number of aryl methyl sites for hydroxylation is 1. The summed E-state index contributed by atoms with van der Waals surface area (Å²) in [6.07, 6.45) is 3.16. The molecule has 4 heteroatoms. The highest BCUT2D eigenvalue weighted by Gasteiger charge is 2.07. The van der Waals surface area contributed by atoms with Gasteiger partial charge in [0.1, 0.15) is 11.6 Å². The molecular formula is C13H18ClNO2. The molecular weight excluding hydrogens is 238 g/mol. The van der Waals surface area contributed by atoms with E-state index >= 15 is 0 Å². The summed E-state index contributed by atoms with van der Waals surface area (Å²) in [5.74, 6) is 0.498. The topological polar surface area (TPSA) is 38.3 Å². The second-order valence-corrected chi connectivity index (χ2v) is 4.08. The predicted octanol–water partition coefficient (Wildman–Crippen LogP) is 3.22. The van der Waals surface area contributed by atoms with Crippen LogP contribution in [0.2, 0.25) is 0 Å². The molecule has 1 amide bonds. The number of alkyl halides is 1. The molecule has 0 aliphatic carbocycles. The Balaban J connectivity index is 2.90. The maximum absolute atomic E-state index is 11.3. The van der Waals surface area contributed by atoms with Gasteiger partial charge in [0.15, 0.2) is 0 Å². The van der Waals surface area contributed by atoms with Gasteiger partial charge in [-0.1, -0.05) is 19.4 Å². The molecule has 0 unspecified atom stereocenters. The first-order valence-corrected chi connectivity index (χ1v) is 6.27. The number of anilines is 1. The van der Waals surface area contributed by atoms with Gasteiger partial charge < -0.3 is 10.1 Å². The smallest absolute Gasteiger partial charge is 0.239 e. The van der Waals surface area contributed by atoms with Crippen LogP contribution in [0, 0.1) is 0 Å². The Labute approximate surface area is 107 Å². The molecule has 0 bridgehead atoms. The number of hydrogen-bond acceptors (Lipinski definition) is 2. The van der Waals surface area contributed by atoms with Crippen LogP contribution >= 0.6 is 11.6 Å². The third kappa shape index (κ3) is 4.27. The number of methoxy groups -OCH3 is 1. The molecule has 1 rings (SSSR count). The molecule has 1 aromatic carbocycles. The molecule has 1 aromatic rings. The van der Waals surface area contributed by atoms with E-state index in [-0.39, 0.29) is 11.8 Å². The van der Waals surface area contributed by atoms with Crippen molar-refractivity contribution in [2.45, 2.75) is 26.2 Å². The van der Waals surface area contributed by atoms with Crippen molar-refractivity contribution in [3.05, 3.63) is 23.8 Å². The number of unbranched alkanes of at least 4 members (excludes halogenated alkanes) is 1. The van der Waals surface area contributed by atoms with Crippen molar-refractivity contribution >= 4 is 23.2 Å². The van der Waals surface area contributed by atoms with Gasteiger partial charge in [-0.3, -0.25) is 4.79 Å². The van der Waals surface area contributed by atoms with Crippen molar-refractivity contribution in [1.29, 1.82) is 0 Å². The second kappa shape index (κ2) is 7.17. The number of ether oxygens (including phenoxy) is 1. The summed E-state index contributed by atoms with van der Waals surface area (Å²) in [7, 11) is 1.61. The van der Waals surface area contributed by atoms with Gasteiger partial charge in [0.05, 0.1) is 7.11 Å². The first-order valence-electron chi connectivity index (χ1n) is 5.74. The van der Waals surface area contributed by atoms with Gasteiger partial charge in [-0.25, -0.2) is 0 Å². The fourth-order valence-electron chi connectivity index (χ4n) is 1.57. The van der Waals surface area contributed by atoms with Crippen LogP contribution < -0.4 is 10.1 Å². The summed E-state index contributed by atoms with van der Waals surface area (Å²) < 4.78 is 5.15. The summed E-state index contributed by atoms with van der Waals surface area (Å²) in [5.41, 5.74) is 1.91. The molecule has 3 nitrogen and oxygen atoms in total. The van der Waals surface area contributed by atoms with E-state index in [2.05, 4.69) is 12.2 Å². The van der Waals surface area contributed by atoms with Gasteiger partial charge in [0.2, 0.25) is 5.91 Å². The molecule has 0 aliphatic heterocycles. The van der Waals surface area contributed by atoms with Crippen LogP contribution in [0.4, 0.5) is 5.69 Å². The Bertz CT molecular complexity index is 380. The monoisotopic (exact) mass is 255 g/mol. The molecule has 0 saturated carbocycles. The lowest BCUT2D eigenvalue weighted by atomic mass is 10.1. The summed E-state index contributed by atoms with van der Waals surface area (Å²) >= 11 is 5.49. The van der Waals surface area contributed by atoms with Crippen molar-refractivity contribution < 1.29 is 9.53 Å². The third-order valence-corrected chi connectivity index (χ3v) is 2.75. The fourth-order valence-corrected chi connectivity index (χ4v) is 1.63. The average Bonchev–Trinajstić information content (AvgIpc) is 2.36. The van der Waals surface area contributed by atoms with E-state index in [0.717, 1.165) is 36.3 Å². The van der Waals surface area contributed by atoms with Crippen LogP contribution in [0.15, 0.2) is 18.2 Å². The van der Waals surface area contributed by atoms with E-state index in [4.69, 9.17) is 16.3 Å². The zero-order valence-electron chi connectivity index (χ0n) is 10.3. The largest absolute Gasteiger partial charge is 0.497 e. The van der Waals surface area contributed by atoms with Crippen LogP contribution in [-0.2, 0) is 11.2 Å². The Morgan fingerprint density at radius 2 is 2.24 bits per heavy atom. The SMILES string of the molecule is CCCCc1ccc(OC)cc1NC(=O)CCl. The number of carbonyl (C=O) groups excluding carboxylic acids is 1. The highest BCUT2D eigenvalue weighted by atomic mass is 35.5. The van der Waals surface area contributed by atoms with Crippen LogP contribution in [-0.4, -0.2) is 18.9 Å². The van der Waals surface area contributed by atoms with Gasteiger partial charge >= 0.3 is 0 Å². The quantitative estimate of drug-likeness (QED) is 0.793. The second-order valence-electron chi connectivity index (χ2n) is 3.81. The first kappa shape index (κ1) is 13.8. The van der Waals surface area contributed by atoms with Gasteiger partial charge in [0, 0.05) is 11.8 Å². The molecule has 0 aromatic heterocycles. The third-order valence-electron chi connectivity index (χ3n) is 2.51. The van der Waals surface area contributed by atoms with E-state index < -0.39 is 0 Å². The maximum atomic E-state index is 11.3. The minimum atomic E-state index is -0.197. The number of halogens is 1. The van der Waals surface area contributed by atoms with Crippen molar-refractivity contribution in [3.8, 4) is 5.75 Å². The molecule has 94 valence electrons. The van der Waals surface area contributed by atoms with E-state index in [1.807, 2.05) is 18.2 Å². The van der Waals surface area contributed by atoms with Crippen LogP contribution in [0.5, 0.6) is 5.75 Å². The molecule has 0 radical (unpaired) electrons. The van der Waals surface area contributed by atoms with E-state index in [1.54, 1.807) is 7.11 Å². The minimum absolute atomic E-state index is 0.0373. The molecule has 0 aliphatic rings. The molecule has 0 spiro atoms. The van der Waals surface area contributed by atoms with Gasteiger partial charge in [-0.05, 0) is 24.5 Å². The van der Waals surface area contributed by atoms with E-state index in [9.17, 15) is 4.79 Å². The predicted molar refractivity (Wildman–Crippen MR) is 71.0 cm³/mol. The summed E-state index contributed by atoms with van der Waals surface area (Å²) in [6.45, 7) is 2.14. The van der Waals surface area contributed by atoms with Gasteiger partial charge in [-0.15, -0.1) is 11.6 Å². The lowest BCUT2D eigenvalue weighted by Crippen LogP contribution is -2.14. The van der Waals surface area contributed by atoms with E-state index in [0.29, 0.717) is 0 Å². The number of rotatable bonds is 6. The zero-order valence-corrected chi connectivity index (χ0v) is 11.0. The summed E-state index contributed by atoms with van der Waals surface area (Å²) in [4.78, 5) is 11.3. The number of hydrogen-bond donors (Lipinski definition) is 1. The van der Waals surface area contributed by atoms with Crippen molar-refractivity contribution in [2.24, 2.45) is 0 Å². The van der Waals surface area contributed by atoms with Crippen LogP contribution in [0.25, 0.3) is 0 Å². The van der Waals surface area contributed by atoms with E-state index in [1.165, 1.54) is 0 Å². The normalized spacial score (nSPS) is 10.1. The highest BCUT2D eigenvalue weighted by molar-refractivity contribution is 6.29. The highest BCUT2D eigenvalue weighted by Crippen LogP contribution is 2.24. The fraction of sp³-hybridized carbons (Fsp3) is 0.462. The molecule has 0 saturated heterocycles. The van der Waals surface area contributed by atoms with Gasteiger partial charge in [-0.2, -0.15) is 0 Å². The number of carbonyl (C=O) groups is 1. The number of nitrogens with one attached hydrogen (secondary N) is 1. The molecule has 17 heavy (non-hydrogen) atoms. The summed E-state index contributed by atoms with van der Waals surface area (Å²) in [6, 6.07) is 5.72. The van der Waals surface area contributed by atoms with Crippen molar-refractivity contribution in [1.82, 2.24) is 0 Å². The zero-order chi connectivity index (χ0) is 12.7. The maximum Gasteiger partial charge on any atom is 0.239 e. The number of benzene rings is 1. The van der Waals surface area contributed by atoms with Crippen molar-refractivity contribution in [3.63, 3.8) is 0 Å².